The number of nitrogens with zero attached hydrogens (tertiary/aromatic N) is 5. The monoisotopic (exact) mass is 537 g/mol. The number of hydrogen-bond acceptors (Lipinski definition) is 8. The Morgan fingerprint density at radius 3 is 2.75 bits per heavy atom. The number of anilines is 1. The lowest BCUT2D eigenvalue weighted by Gasteiger charge is -2.21. The lowest BCUT2D eigenvalue weighted by Crippen LogP contribution is -2.43. The van der Waals surface area contributed by atoms with Gasteiger partial charge in [-0.2, -0.15) is 4.98 Å². The SMILES string of the molecule is [2H]C([2H])(c1cscn1)n1c(=O)nc(NC2=CC3=CN(C)NC3C=C2Cl)n(Cc2cc(F)c(F)cc2F)c1=O. The van der Waals surface area contributed by atoms with Gasteiger partial charge < -0.3 is 10.3 Å². The summed E-state index contributed by atoms with van der Waals surface area (Å²) in [6.45, 7) is -3.46. The molecule has 2 N–H and O–H groups in total. The number of aromatic nitrogens is 4. The Bertz CT molecular complexity index is 1650. The number of halogens is 4. The van der Waals surface area contributed by atoms with Crippen molar-refractivity contribution >= 4 is 28.9 Å². The second kappa shape index (κ2) is 9.41. The number of thiazole rings is 1. The molecular weight excluding hydrogens is 519 g/mol. The zero-order valence-corrected chi connectivity index (χ0v) is 19.9. The first kappa shape index (κ1) is 21.6. The standard InChI is InChI=1S/C22H17ClF3N7O2S/c1-31-6-12-3-19(14(23)4-18(12)30-31)28-20-29-21(34)33(8-13-9-36-10-27-13)22(35)32(20)7-11-2-16(25)17(26)5-15(11)24/h2-6,9-10,18,30H,7-8H2,1H3,(H,28,29,34)/i8D2. The van der Waals surface area contributed by atoms with E-state index < -0.39 is 53.4 Å². The Morgan fingerprint density at radius 1 is 1.22 bits per heavy atom. The molecule has 1 aromatic carbocycles. The van der Waals surface area contributed by atoms with E-state index in [4.69, 9.17) is 14.3 Å². The molecule has 2 aliphatic rings. The van der Waals surface area contributed by atoms with Gasteiger partial charge in [0.2, 0.25) is 5.95 Å². The van der Waals surface area contributed by atoms with Crippen molar-refractivity contribution in [1.29, 1.82) is 0 Å². The summed E-state index contributed by atoms with van der Waals surface area (Å²) in [5.74, 6) is -4.38. The van der Waals surface area contributed by atoms with Crippen molar-refractivity contribution in [3.8, 4) is 0 Å². The van der Waals surface area contributed by atoms with Crippen LogP contribution in [-0.2, 0) is 13.0 Å². The third-order valence-corrected chi connectivity index (χ3v) is 6.24. The molecule has 0 saturated carbocycles. The Labute approximate surface area is 213 Å². The molecule has 2 aromatic heterocycles. The largest absolute Gasteiger partial charge is 0.355 e. The van der Waals surface area contributed by atoms with Crippen LogP contribution in [0.1, 0.15) is 14.0 Å². The van der Waals surface area contributed by atoms with Gasteiger partial charge in [-0.15, -0.1) is 11.3 Å². The summed E-state index contributed by atoms with van der Waals surface area (Å²) in [4.78, 5) is 34.2. The second-order valence-corrected chi connectivity index (χ2v) is 8.94. The van der Waals surface area contributed by atoms with E-state index in [9.17, 15) is 22.8 Å². The van der Waals surface area contributed by atoms with Crippen molar-refractivity contribution in [2.45, 2.75) is 19.1 Å². The fourth-order valence-corrected chi connectivity index (χ4v) is 4.35. The topological polar surface area (TPSA) is 97.1 Å². The van der Waals surface area contributed by atoms with Crippen molar-refractivity contribution in [3.05, 3.63) is 107 Å². The molecule has 1 aliphatic heterocycles. The van der Waals surface area contributed by atoms with Gasteiger partial charge >= 0.3 is 11.4 Å². The fraction of sp³-hybridized carbons (Fsp3) is 0.182. The number of fused-ring (bicyclic) bond motifs is 1. The van der Waals surface area contributed by atoms with E-state index in [1.54, 1.807) is 30.4 Å². The molecule has 0 radical (unpaired) electrons. The first-order chi connectivity index (χ1) is 18.0. The van der Waals surface area contributed by atoms with Gasteiger partial charge in [0.15, 0.2) is 11.6 Å². The molecule has 186 valence electrons. The van der Waals surface area contributed by atoms with Crippen molar-refractivity contribution in [2.75, 3.05) is 12.4 Å². The van der Waals surface area contributed by atoms with E-state index in [-0.39, 0.29) is 27.0 Å². The van der Waals surface area contributed by atoms with Crippen LogP contribution in [0, 0.1) is 17.5 Å². The molecule has 0 bridgehead atoms. The smallest absolute Gasteiger partial charge is 0.324 e. The van der Waals surface area contributed by atoms with Crippen LogP contribution in [0.2, 0.25) is 0 Å². The fourth-order valence-electron chi connectivity index (χ4n) is 3.65. The minimum absolute atomic E-state index is 0.205. The molecule has 36 heavy (non-hydrogen) atoms. The molecule has 14 heteroatoms. The maximum atomic E-state index is 14.5. The number of benzene rings is 1. The average molecular weight is 538 g/mol. The summed E-state index contributed by atoms with van der Waals surface area (Å²) in [5.41, 5.74) is 2.26. The molecule has 9 nitrogen and oxygen atoms in total. The summed E-state index contributed by atoms with van der Waals surface area (Å²) < 4.78 is 59.7. The third-order valence-electron chi connectivity index (χ3n) is 5.32. The Kier molecular flexibility index (Phi) is 5.64. The molecular formula is C22H17ClF3N7O2S. The normalized spacial score (nSPS) is 18.2. The quantitative estimate of drug-likeness (QED) is 0.466. The molecule has 1 aliphatic carbocycles. The van der Waals surface area contributed by atoms with Crippen LogP contribution >= 0.6 is 22.9 Å². The van der Waals surface area contributed by atoms with Gasteiger partial charge in [0.1, 0.15) is 5.82 Å². The van der Waals surface area contributed by atoms with E-state index in [2.05, 4.69) is 20.7 Å². The number of rotatable bonds is 6. The molecule has 1 atom stereocenters. The third kappa shape index (κ3) is 4.59. The zero-order valence-electron chi connectivity index (χ0n) is 20.3. The molecule has 1 unspecified atom stereocenters. The lowest BCUT2D eigenvalue weighted by atomic mass is 10.0. The van der Waals surface area contributed by atoms with Gasteiger partial charge in [-0.3, -0.25) is 4.57 Å². The van der Waals surface area contributed by atoms with Gasteiger partial charge in [-0.25, -0.2) is 37.7 Å². The summed E-state index contributed by atoms with van der Waals surface area (Å²) in [5, 5.41) is 6.00. The summed E-state index contributed by atoms with van der Waals surface area (Å²) in [6.07, 6.45) is 5.08. The lowest BCUT2D eigenvalue weighted by molar-refractivity contribution is 0.349. The van der Waals surface area contributed by atoms with Crippen LogP contribution in [-0.4, -0.2) is 37.2 Å². The van der Waals surface area contributed by atoms with Crippen molar-refractivity contribution in [3.63, 3.8) is 0 Å². The molecule has 0 saturated heterocycles. The first-order valence-electron chi connectivity index (χ1n) is 11.3. The summed E-state index contributed by atoms with van der Waals surface area (Å²) >= 11 is 7.44. The minimum atomic E-state index is -2.73. The highest BCUT2D eigenvalue weighted by atomic mass is 35.5. The Hall–Kier alpha value is -3.68. The molecule has 0 spiro atoms. The van der Waals surface area contributed by atoms with Crippen LogP contribution in [0.25, 0.3) is 0 Å². The Morgan fingerprint density at radius 2 is 2.00 bits per heavy atom. The molecule has 0 fully saturated rings. The zero-order chi connectivity index (χ0) is 27.4. The molecule has 3 aromatic rings. The van der Waals surface area contributed by atoms with Crippen LogP contribution in [0.5, 0.6) is 0 Å². The van der Waals surface area contributed by atoms with Gasteiger partial charge in [0, 0.05) is 30.3 Å². The van der Waals surface area contributed by atoms with E-state index in [1.165, 1.54) is 10.9 Å². The van der Waals surface area contributed by atoms with Crippen LogP contribution in [0.15, 0.2) is 67.3 Å². The van der Waals surface area contributed by atoms with Gasteiger partial charge in [0.25, 0.3) is 0 Å². The summed E-state index contributed by atoms with van der Waals surface area (Å²) in [7, 11) is 1.78. The van der Waals surface area contributed by atoms with E-state index in [0.717, 1.165) is 21.5 Å². The Balaban J connectivity index is 1.66. The highest BCUT2D eigenvalue weighted by Crippen LogP contribution is 2.29. The maximum Gasteiger partial charge on any atom is 0.355 e. The first-order valence-corrected chi connectivity index (χ1v) is 11.6. The van der Waals surface area contributed by atoms with E-state index in [1.807, 2.05) is 0 Å². The number of nitrogens with one attached hydrogen (secondary N) is 2. The van der Waals surface area contributed by atoms with E-state index in [0.29, 0.717) is 12.1 Å². The number of hydrazine groups is 1. The van der Waals surface area contributed by atoms with Crippen LogP contribution in [0.4, 0.5) is 19.1 Å². The predicted molar refractivity (Wildman–Crippen MR) is 128 cm³/mol. The molecule has 3 heterocycles. The minimum Gasteiger partial charge on any atom is -0.324 e. The molecule has 5 rings (SSSR count). The van der Waals surface area contributed by atoms with Crippen molar-refractivity contribution < 1.29 is 15.9 Å². The van der Waals surface area contributed by atoms with Gasteiger partial charge in [0.05, 0.1) is 43.8 Å². The van der Waals surface area contributed by atoms with Crippen LogP contribution < -0.4 is 22.1 Å². The number of hydrogen-bond donors (Lipinski definition) is 2. The highest BCUT2D eigenvalue weighted by Gasteiger charge is 2.26. The summed E-state index contributed by atoms with van der Waals surface area (Å²) in [6, 6.07) is 0.663. The predicted octanol–water partition coefficient (Wildman–Crippen LogP) is 2.51. The van der Waals surface area contributed by atoms with Gasteiger partial charge in [-0.05, 0) is 23.8 Å². The van der Waals surface area contributed by atoms with Crippen molar-refractivity contribution in [2.24, 2.45) is 0 Å². The average Bonchev–Trinajstić information content (AvgIpc) is 3.49. The second-order valence-electron chi connectivity index (χ2n) is 7.81. The van der Waals surface area contributed by atoms with Crippen molar-refractivity contribution in [1.82, 2.24) is 29.5 Å². The highest BCUT2D eigenvalue weighted by molar-refractivity contribution is 7.07. The van der Waals surface area contributed by atoms with Crippen LogP contribution in [0.3, 0.4) is 0 Å². The van der Waals surface area contributed by atoms with E-state index >= 15 is 0 Å². The van der Waals surface area contributed by atoms with Gasteiger partial charge in [-0.1, -0.05) is 11.6 Å². The number of allylic oxidation sites excluding steroid dienone is 1. The maximum absolute atomic E-state index is 14.5. The molecule has 0 amide bonds.